The van der Waals surface area contributed by atoms with E-state index in [1.54, 1.807) is 0 Å². The van der Waals surface area contributed by atoms with Crippen LogP contribution in [0.5, 0.6) is 0 Å². The monoisotopic (exact) mass is 435 g/mol. The fourth-order valence-electron chi connectivity index (χ4n) is 3.29. The average Bonchev–Trinajstić information content (AvgIpc) is 2.65. The molecule has 0 aromatic carbocycles. The van der Waals surface area contributed by atoms with Gasteiger partial charge in [0.15, 0.2) is 0 Å². The van der Waals surface area contributed by atoms with E-state index in [9.17, 15) is 19.1 Å². The summed E-state index contributed by atoms with van der Waals surface area (Å²) in [4.78, 5) is 29.7. The van der Waals surface area contributed by atoms with Crippen molar-refractivity contribution in [3.05, 3.63) is 12.2 Å². The van der Waals surface area contributed by atoms with Gasteiger partial charge in [-0.1, -0.05) is 76.9 Å². The van der Waals surface area contributed by atoms with Crippen molar-refractivity contribution in [3.63, 3.8) is 0 Å². The number of allylic oxidation sites excluding steroid dienone is 2. The summed E-state index contributed by atoms with van der Waals surface area (Å²) in [7, 11) is -4.71. The Kier molecular flexibility index (Phi) is 17.6. The van der Waals surface area contributed by atoms with Crippen LogP contribution in [-0.2, 0) is 9.36 Å². The Morgan fingerprint density at radius 1 is 0.862 bits per heavy atom. The Bertz CT molecular complexity index is 480. The van der Waals surface area contributed by atoms with Crippen molar-refractivity contribution in [2.45, 2.75) is 103 Å². The molecule has 0 bridgehead atoms. The quantitative estimate of drug-likeness (QED) is 0.122. The number of rotatable bonds is 20. The minimum absolute atomic E-state index is 0.0387. The summed E-state index contributed by atoms with van der Waals surface area (Å²) in [5.74, 6) is -1.43. The van der Waals surface area contributed by atoms with Crippen LogP contribution in [0.25, 0.3) is 0 Å². The molecule has 0 saturated carbocycles. The lowest BCUT2D eigenvalue weighted by molar-refractivity contribution is -0.143. The minimum Gasteiger partial charge on any atom is -0.480 e. The number of aliphatic hydroxyl groups is 1. The predicted molar refractivity (Wildman–Crippen MR) is 117 cm³/mol. The standard InChI is InChI=1S/C21H42NO6P/c1-2-3-4-5-6-7-8-9-10-11-12-13-14-15-16-17-18-22(29(26,27)28)20(19-23)21(24)25/h9-10,20,23H,2-8,11-19H2,1H3,(H,24,25)(H2,26,27,28)/b10-9-. The van der Waals surface area contributed by atoms with Gasteiger partial charge in [-0.05, 0) is 32.1 Å². The van der Waals surface area contributed by atoms with Crippen LogP contribution < -0.4 is 0 Å². The molecule has 0 aliphatic carbocycles. The van der Waals surface area contributed by atoms with Gasteiger partial charge in [-0.2, -0.15) is 4.67 Å². The molecule has 0 aliphatic rings. The van der Waals surface area contributed by atoms with Crippen LogP contribution in [0, 0.1) is 0 Å². The van der Waals surface area contributed by atoms with Crippen molar-refractivity contribution in [2.24, 2.45) is 0 Å². The second-order valence-electron chi connectivity index (χ2n) is 7.65. The Balaban J connectivity index is 3.70. The number of aliphatic hydroxyl groups excluding tert-OH is 1. The highest BCUT2D eigenvalue weighted by molar-refractivity contribution is 7.49. The Morgan fingerprint density at radius 3 is 1.72 bits per heavy atom. The normalized spacial score (nSPS) is 13.4. The zero-order valence-electron chi connectivity index (χ0n) is 18.0. The van der Waals surface area contributed by atoms with Gasteiger partial charge < -0.3 is 20.0 Å². The highest BCUT2D eigenvalue weighted by Crippen LogP contribution is 2.42. The molecule has 0 fully saturated rings. The Morgan fingerprint density at radius 2 is 1.31 bits per heavy atom. The molecule has 0 saturated heterocycles. The topological polar surface area (TPSA) is 118 Å². The van der Waals surface area contributed by atoms with Crippen LogP contribution in [-0.4, -0.2) is 49.8 Å². The lowest BCUT2D eigenvalue weighted by atomic mass is 10.1. The maximum atomic E-state index is 11.5. The van der Waals surface area contributed by atoms with Crippen molar-refractivity contribution in [1.82, 2.24) is 4.67 Å². The molecule has 4 N–H and O–H groups in total. The van der Waals surface area contributed by atoms with Crippen LogP contribution in [0.15, 0.2) is 12.2 Å². The molecule has 172 valence electrons. The summed E-state index contributed by atoms with van der Waals surface area (Å²) >= 11 is 0. The number of carboxylic acid groups (broad SMARTS) is 1. The molecule has 0 spiro atoms. The molecule has 0 aromatic heterocycles. The van der Waals surface area contributed by atoms with Crippen molar-refractivity contribution in [1.29, 1.82) is 0 Å². The molecule has 29 heavy (non-hydrogen) atoms. The SMILES string of the molecule is CCCCCCCC/C=C\CCCCCCCCN(C(CO)C(=O)O)P(=O)(O)O. The van der Waals surface area contributed by atoms with Crippen LogP contribution in [0.2, 0.25) is 0 Å². The van der Waals surface area contributed by atoms with Gasteiger partial charge in [-0.25, -0.2) is 4.57 Å². The van der Waals surface area contributed by atoms with Crippen LogP contribution in [0.3, 0.4) is 0 Å². The number of unbranched alkanes of at least 4 members (excludes halogenated alkanes) is 12. The molecule has 0 amide bonds. The van der Waals surface area contributed by atoms with Crippen LogP contribution in [0.4, 0.5) is 0 Å². The van der Waals surface area contributed by atoms with Gasteiger partial charge in [-0.3, -0.25) is 4.79 Å². The molecular formula is C21H42NO6P. The van der Waals surface area contributed by atoms with E-state index in [-0.39, 0.29) is 6.54 Å². The molecule has 0 radical (unpaired) electrons. The first-order valence-corrected chi connectivity index (χ1v) is 12.7. The Hall–Kier alpha value is -0.720. The van der Waals surface area contributed by atoms with Gasteiger partial charge >= 0.3 is 13.7 Å². The van der Waals surface area contributed by atoms with E-state index >= 15 is 0 Å². The van der Waals surface area contributed by atoms with Crippen molar-refractivity contribution in [2.75, 3.05) is 13.2 Å². The van der Waals surface area contributed by atoms with Gasteiger partial charge in [0.2, 0.25) is 0 Å². The molecule has 0 aliphatic heterocycles. The lowest BCUT2D eigenvalue weighted by Crippen LogP contribution is -2.42. The van der Waals surface area contributed by atoms with E-state index in [0.717, 1.165) is 38.5 Å². The fraction of sp³-hybridized carbons (Fsp3) is 0.857. The first kappa shape index (κ1) is 28.3. The van der Waals surface area contributed by atoms with E-state index in [0.29, 0.717) is 11.1 Å². The summed E-state index contributed by atoms with van der Waals surface area (Å²) in [5.41, 5.74) is 0. The third kappa shape index (κ3) is 15.7. The lowest BCUT2D eigenvalue weighted by Gasteiger charge is -2.27. The molecule has 0 rings (SSSR count). The molecule has 8 heteroatoms. The van der Waals surface area contributed by atoms with Gasteiger partial charge in [0.25, 0.3) is 0 Å². The molecule has 1 atom stereocenters. The van der Waals surface area contributed by atoms with Crippen LogP contribution in [0.1, 0.15) is 96.8 Å². The fourth-order valence-corrected chi connectivity index (χ4v) is 4.23. The summed E-state index contributed by atoms with van der Waals surface area (Å²) in [5, 5.41) is 18.1. The number of carbonyl (C=O) groups is 1. The zero-order valence-corrected chi connectivity index (χ0v) is 18.9. The van der Waals surface area contributed by atoms with Gasteiger partial charge in [0.05, 0.1) is 6.61 Å². The summed E-state index contributed by atoms with van der Waals surface area (Å²) < 4.78 is 12.1. The molecule has 7 nitrogen and oxygen atoms in total. The summed E-state index contributed by atoms with van der Waals surface area (Å²) in [6.45, 7) is 1.37. The second-order valence-corrected chi connectivity index (χ2v) is 9.19. The summed E-state index contributed by atoms with van der Waals surface area (Å²) in [6.07, 6.45) is 20.3. The Labute approximate surface area is 176 Å². The zero-order chi connectivity index (χ0) is 22.0. The molecular weight excluding hydrogens is 393 g/mol. The third-order valence-electron chi connectivity index (χ3n) is 5.05. The van der Waals surface area contributed by atoms with Gasteiger partial charge in [0.1, 0.15) is 6.04 Å². The van der Waals surface area contributed by atoms with Gasteiger partial charge in [-0.15, -0.1) is 0 Å². The van der Waals surface area contributed by atoms with E-state index in [4.69, 9.17) is 10.2 Å². The largest absolute Gasteiger partial charge is 0.480 e. The molecule has 0 heterocycles. The van der Waals surface area contributed by atoms with E-state index in [2.05, 4.69) is 19.1 Å². The van der Waals surface area contributed by atoms with E-state index in [1.165, 1.54) is 44.9 Å². The number of carboxylic acids is 1. The minimum atomic E-state index is -4.71. The maximum absolute atomic E-state index is 11.5. The van der Waals surface area contributed by atoms with Gasteiger partial charge in [0, 0.05) is 6.54 Å². The number of nitrogens with zero attached hydrogens (tertiary/aromatic N) is 1. The highest BCUT2D eigenvalue weighted by atomic mass is 31.2. The average molecular weight is 436 g/mol. The van der Waals surface area contributed by atoms with Crippen molar-refractivity contribution in [3.8, 4) is 0 Å². The molecule has 0 aromatic rings. The van der Waals surface area contributed by atoms with Crippen LogP contribution >= 0.6 is 7.75 Å². The number of hydrogen-bond acceptors (Lipinski definition) is 3. The molecule has 1 unspecified atom stereocenters. The first-order chi connectivity index (χ1) is 13.8. The van der Waals surface area contributed by atoms with E-state index < -0.39 is 26.4 Å². The van der Waals surface area contributed by atoms with E-state index in [1.807, 2.05) is 0 Å². The number of hydrogen-bond donors (Lipinski definition) is 4. The second kappa shape index (κ2) is 18.1. The maximum Gasteiger partial charge on any atom is 0.403 e. The smallest absolute Gasteiger partial charge is 0.403 e. The van der Waals surface area contributed by atoms with Crippen molar-refractivity contribution >= 4 is 13.7 Å². The summed E-state index contributed by atoms with van der Waals surface area (Å²) in [6, 6.07) is -1.57. The third-order valence-corrected chi connectivity index (χ3v) is 6.20. The highest BCUT2D eigenvalue weighted by Gasteiger charge is 2.36. The number of aliphatic carboxylic acids is 1. The predicted octanol–water partition coefficient (Wildman–Crippen LogP) is 4.86. The van der Waals surface area contributed by atoms with Crippen molar-refractivity contribution < 1.29 is 29.4 Å². The first-order valence-electron chi connectivity index (χ1n) is 11.2.